The molecule has 0 aromatic carbocycles. The Morgan fingerprint density at radius 3 is 2.59 bits per heavy atom. The molecule has 3 heterocycles. The fourth-order valence-electron chi connectivity index (χ4n) is 3.61. The zero-order valence-electron chi connectivity index (χ0n) is 16.4. The van der Waals surface area contributed by atoms with Crippen molar-refractivity contribution >= 4 is 5.82 Å². The number of rotatable bonds is 10. The van der Waals surface area contributed by atoms with Crippen molar-refractivity contribution < 1.29 is 20.4 Å². The fourth-order valence-corrected chi connectivity index (χ4v) is 3.61. The van der Waals surface area contributed by atoms with Crippen molar-refractivity contribution in [3.63, 3.8) is 0 Å². The lowest BCUT2D eigenvalue weighted by molar-refractivity contribution is -0.145. The van der Waals surface area contributed by atoms with E-state index in [1.807, 2.05) is 17.0 Å². The molecule has 1 saturated heterocycles. The van der Waals surface area contributed by atoms with E-state index in [0.29, 0.717) is 6.54 Å². The lowest BCUT2D eigenvalue weighted by Gasteiger charge is -2.43. The molecule has 0 radical (unpaired) electrons. The highest BCUT2D eigenvalue weighted by Crippen LogP contribution is 2.19. The molecule has 2 aromatic heterocycles. The Kier molecular flexibility index (Phi) is 7.90. The van der Waals surface area contributed by atoms with E-state index in [1.165, 1.54) is 6.33 Å². The number of unbranched alkanes of at least 4 members (excludes halogenated alkanes) is 3. The van der Waals surface area contributed by atoms with Crippen LogP contribution >= 0.6 is 0 Å². The van der Waals surface area contributed by atoms with Gasteiger partial charge in [-0.15, -0.1) is 0 Å². The first-order chi connectivity index (χ1) is 14.1. The predicted octanol–water partition coefficient (Wildman–Crippen LogP) is -0.606. The van der Waals surface area contributed by atoms with Gasteiger partial charge in [0.15, 0.2) is 0 Å². The summed E-state index contributed by atoms with van der Waals surface area (Å²) in [6, 6.07) is 3.31. The third kappa shape index (κ3) is 5.71. The maximum Gasteiger partial charge on any atom is 0.138 e. The molecular formula is C19H30N6O4. The highest BCUT2D eigenvalue weighted by Gasteiger charge is 2.40. The fraction of sp³-hybridized carbons (Fsp3) is 0.632. The number of hydrogen-bond acceptors (Lipinski definition) is 9. The second kappa shape index (κ2) is 10.6. The van der Waals surface area contributed by atoms with E-state index >= 15 is 0 Å². The van der Waals surface area contributed by atoms with Gasteiger partial charge in [-0.25, -0.2) is 14.6 Å². The van der Waals surface area contributed by atoms with Crippen LogP contribution in [-0.4, -0.2) is 95.7 Å². The normalized spacial score (nSPS) is 25.2. The number of pyridine rings is 1. The van der Waals surface area contributed by atoms with Crippen LogP contribution in [-0.2, 0) is 0 Å². The zero-order valence-corrected chi connectivity index (χ0v) is 16.4. The van der Waals surface area contributed by atoms with Crippen LogP contribution in [0.1, 0.15) is 25.7 Å². The van der Waals surface area contributed by atoms with Gasteiger partial charge in [0, 0.05) is 13.1 Å². The molecule has 4 atom stereocenters. The van der Waals surface area contributed by atoms with Gasteiger partial charge < -0.3 is 25.7 Å². The molecule has 0 bridgehead atoms. The summed E-state index contributed by atoms with van der Waals surface area (Å²) in [7, 11) is 0. The highest BCUT2D eigenvalue weighted by molar-refractivity contribution is 5.39. The van der Waals surface area contributed by atoms with Gasteiger partial charge in [0.05, 0.1) is 30.6 Å². The van der Waals surface area contributed by atoms with E-state index in [1.54, 1.807) is 17.2 Å². The number of anilines is 1. The minimum absolute atomic E-state index is 0.239. The summed E-state index contributed by atoms with van der Waals surface area (Å²) < 4.78 is 1.65. The molecule has 0 aliphatic carbocycles. The van der Waals surface area contributed by atoms with E-state index in [4.69, 9.17) is 0 Å². The second-order valence-corrected chi connectivity index (χ2v) is 7.38. The van der Waals surface area contributed by atoms with Gasteiger partial charge in [0.1, 0.15) is 30.7 Å². The lowest BCUT2D eigenvalue weighted by atomic mass is 9.94. The Labute approximate surface area is 169 Å². The summed E-state index contributed by atoms with van der Waals surface area (Å²) in [5.41, 5.74) is 0.856. The average Bonchev–Trinajstić information content (AvgIpc) is 3.27. The van der Waals surface area contributed by atoms with Crippen LogP contribution in [0.3, 0.4) is 0 Å². The van der Waals surface area contributed by atoms with Crippen molar-refractivity contribution in [1.29, 1.82) is 0 Å². The smallest absolute Gasteiger partial charge is 0.138 e. The van der Waals surface area contributed by atoms with Gasteiger partial charge >= 0.3 is 0 Å². The quantitative estimate of drug-likeness (QED) is 0.327. The summed E-state index contributed by atoms with van der Waals surface area (Å²) in [6.45, 7) is 1.52. The summed E-state index contributed by atoms with van der Waals surface area (Å²) >= 11 is 0. The summed E-state index contributed by atoms with van der Waals surface area (Å²) in [5, 5.41) is 46.4. The van der Waals surface area contributed by atoms with Crippen molar-refractivity contribution in [3.05, 3.63) is 31.0 Å². The monoisotopic (exact) mass is 406 g/mol. The van der Waals surface area contributed by atoms with E-state index in [-0.39, 0.29) is 13.2 Å². The number of aliphatic hydroxyl groups is 4. The van der Waals surface area contributed by atoms with Gasteiger partial charge in [0.25, 0.3) is 0 Å². The first-order valence-electron chi connectivity index (χ1n) is 10.0. The molecule has 0 spiro atoms. The average molecular weight is 406 g/mol. The number of aliphatic hydroxyl groups excluding tert-OH is 4. The molecule has 3 rings (SSSR count). The first kappa shape index (κ1) is 21.6. The van der Waals surface area contributed by atoms with Gasteiger partial charge in [-0.05, 0) is 31.5 Å². The second-order valence-electron chi connectivity index (χ2n) is 7.38. The molecule has 0 unspecified atom stereocenters. The minimum atomic E-state index is -1.20. The third-order valence-electron chi connectivity index (χ3n) is 5.33. The van der Waals surface area contributed by atoms with Crippen molar-refractivity contribution in [2.24, 2.45) is 0 Å². The Morgan fingerprint density at radius 1 is 1.07 bits per heavy atom. The van der Waals surface area contributed by atoms with Crippen molar-refractivity contribution in [2.45, 2.75) is 50.0 Å². The SMILES string of the molecule is OC[C@@H]1[C@@H](O)[C@H](O)[C@@H](O)CN1CCCCCCNc1ccc(-n2cncn2)cn1. The van der Waals surface area contributed by atoms with Crippen LogP contribution in [0.2, 0.25) is 0 Å². The molecular weight excluding hydrogens is 376 g/mol. The van der Waals surface area contributed by atoms with E-state index < -0.39 is 24.4 Å². The number of nitrogens with one attached hydrogen (secondary N) is 1. The largest absolute Gasteiger partial charge is 0.395 e. The molecule has 10 nitrogen and oxygen atoms in total. The van der Waals surface area contributed by atoms with E-state index in [9.17, 15) is 20.4 Å². The Morgan fingerprint density at radius 2 is 1.90 bits per heavy atom. The third-order valence-corrected chi connectivity index (χ3v) is 5.33. The Bertz CT molecular complexity index is 714. The molecule has 160 valence electrons. The van der Waals surface area contributed by atoms with Crippen molar-refractivity contribution in [2.75, 3.05) is 31.6 Å². The van der Waals surface area contributed by atoms with Crippen LogP contribution in [0, 0.1) is 0 Å². The molecule has 0 amide bonds. The maximum atomic E-state index is 10.00. The summed E-state index contributed by atoms with van der Waals surface area (Å²) in [5.74, 6) is 0.814. The Balaban J connectivity index is 1.30. The Hall–Kier alpha value is -2.11. The molecule has 1 fully saturated rings. The lowest BCUT2D eigenvalue weighted by Crippen LogP contribution is -2.62. The minimum Gasteiger partial charge on any atom is -0.395 e. The van der Waals surface area contributed by atoms with Gasteiger partial charge in [-0.3, -0.25) is 4.90 Å². The standard InChI is InChI=1S/C19H30N6O4/c26-11-15-18(28)19(29)16(27)10-24(15)8-4-2-1-3-7-21-17-6-5-14(9-22-17)25-13-20-12-23-25/h5-6,9,12-13,15-16,18-19,26-29H,1-4,7-8,10-11H2,(H,21,22)/t15-,16+,18-,19-/m1/s1. The zero-order chi connectivity index (χ0) is 20.6. The molecule has 10 heteroatoms. The summed E-state index contributed by atoms with van der Waals surface area (Å²) in [4.78, 5) is 10.1. The van der Waals surface area contributed by atoms with Crippen LogP contribution in [0.5, 0.6) is 0 Å². The predicted molar refractivity (Wildman–Crippen MR) is 107 cm³/mol. The van der Waals surface area contributed by atoms with E-state index in [2.05, 4.69) is 20.4 Å². The maximum absolute atomic E-state index is 10.00. The highest BCUT2D eigenvalue weighted by atomic mass is 16.4. The number of β-amino-alcohol motifs (C(OH)–C–C–N with tert-alkyl or cyclic N) is 1. The number of likely N-dealkylation sites (tertiary alicyclic amines) is 1. The first-order valence-corrected chi connectivity index (χ1v) is 10.0. The van der Waals surface area contributed by atoms with Crippen LogP contribution in [0.15, 0.2) is 31.0 Å². The van der Waals surface area contributed by atoms with Gasteiger partial charge in [-0.1, -0.05) is 12.8 Å². The number of aromatic nitrogens is 4. The number of piperidine rings is 1. The van der Waals surface area contributed by atoms with Crippen LogP contribution < -0.4 is 5.32 Å². The molecule has 1 aliphatic rings. The molecule has 1 aliphatic heterocycles. The summed E-state index contributed by atoms with van der Waals surface area (Å²) in [6.07, 6.45) is 5.48. The van der Waals surface area contributed by atoms with Gasteiger partial charge in [-0.2, -0.15) is 5.10 Å². The molecule has 5 N–H and O–H groups in total. The van der Waals surface area contributed by atoms with Crippen molar-refractivity contribution in [1.82, 2.24) is 24.6 Å². The van der Waals surface area contributed by atoms with Crippen molar-refractivity contribution in [3.8, 4) is 5.69 Å². The van der Waals surface area contributed by atoms with Crippen LogP contribution in [0.25, 0.3) is 5.69 Å². The van der Waals surface area contributed by atoms with Gasteiger partial charge in [0.2, 0.25) is 0 Å². The molecule has 0 saturated carbocycles. The molecule has 29 heavy (non-hydrogen) atoms. The van der Waals surface area contributed by atoms with E-state index in [0.717, 1.165) is 43.7 Å². The topological polar surface area (TPSA) is 140 Å². The molecule has 2 aromatic rings. The number of nitrogens with zero attached hydrogens (tertiary/aromatic N) is 5. The van der Waals surface area contributed by atoms with Crippen LogP contribution in [0.4, 0.5) is 5.82 Å². The number of hydrogen-bond donors (Lipinski definition) is 5.